The maximum Gasteiger partial charge on any atom is 0.297 e. The topological polar surface area (TPSA) is 89.5 Å². The van der Waals surface area contributed by atoms with Gasteiger partial charge in [0.25, 0.3) is 5.91 Å². The summed E-state index contributed by atoms with van der Waals surface area (Å²) in [6.45, 7) is 3.90. The highest BCUT2D eigenvalue weighted by molar-refractivity contribution is 6.30. The second kappa shape index (κ2) is 12.0. The van der Waals surface area contributed by atoms with Crippen molar-refractivity contribution in [2.45, 2.75) is 19.8 Å². The minimum Gasteiger partial charge on any atom is -0.493 e. The molecule has 0 aromatic heterocycles. The number of nitrogens with one attached hydrogen (secondary N) is 1. The normalized spacial score (nSPS) is 14.8. The number of amidine groups is 1. The van der Waals surface area contributed by atoms with Crippen LogP contribution in [0.4, 0.5) is 0 Å². The lowest BCUT2D eigenvalue weighted by Crippen LogP contribution is -2.49. The lowest BCUT2D eigenvalue weighted by atomic mass is 9.88. The third-order valence-corrected chi connectivity index (χ3v) is 6.54. The van der Waals surface area contributed by atoms with Gasteiger partial charge in [0.1, 0.15) is 5.70 Å². The zero-order valence-electron chi connectivity index (χ0n) is 22.4. The van der Waals surface area contributed by atoms with E-state index in [0.29, 0.717) is 39.2 Å². The van der Waals surface area contributed by atoms with E-state index in [1.165, 1.54) is 26.3 Å². The van der Waals surface area contributed by atoms with Gasteiger partial charge in [-0.3, -0.25) is 15.0 Å². The van der Waals surface area contributed by atoms with Crippen molar-refractivity contribution < 1.29 is 23.8 Å². The van der Waals surface area contributed by atoms with Gasteiger partial charge in [0, 0.05) is 10.6 Å². The van der Waals surface area contributed by atoms with Crippen LogP contribution in [-0.4, -0.2) is 44.0 Å². The molecule has 1 unspecified atom stereocenters. The molecule has 1 heterocycles. The number of methoxy groups -OCH3 is 3. The Morgan fingerprint density at radius 2 is 1.56 bits per heavy atom. The molecule has 2 amide bonds. The predicted molar refractivity (Wildman–Crippen MR) is 151 cm³/mol. The van der Waals surface area contributed by atoms with E-state index in [0.717, 1.165) is 5.56 Å². The van der Waals surface area contributed by atoms with Crippen LogP contribution < -0.4 is 19.6 Å². The maximum absolute atomic E-state index is 13.7. The number of halogens is 1. The van der Waals surface area contributed by atoms with E-state index in [1.54, 1.807) is 30.3 Å². The molecule has 39 heavy (non-hydrogen) atoms. The summed E-state index contributed by atoms with van der Waals surface area (Å²) < 4.78 is 16.3. The molecule has 4 rings (SSSR count). The summed E-state index contributed by atoms with van der Waals surface area (Å²) >= 11 is 6.06. The lowest BCUT2D eigenvalue weighted by molar-refractivity contribution is -0.134. The molecule has 0 saturated carbocycles. The molecule has 0 radical (unpaired) electrons. The first-order valence-electron chi connectivity index (χ1n) is 12.3. The first kappa shape index (κ1) is 27.7. The molecule has 1 atom stereocenters. The van der Waals surface area contributed by atoms with Gasteiger partial charge in [-0.15, -0.1) is 0 Å². The van der Waals surface area contributed by atoms with E-state index in [2.05, 4.69) is 10.4 Å². The molecule has 0 bridgehead atoms. The molecule has 0 spiro atoms. The Hall–Kier alpha value is -4.30. The summed E-state index contributed by atoms with van der Waals surface area (Å²) in [4.78, 5) is 31.9. The Bertz CT molecular complexity index is 1390. The Balaban J connectivity index is 1.73. The number of carbonyl (C=O) groups is 2. The van der Waals surface area contributed by atoms with E-state index < -0.39 is 11.8 Å². The number of hydrazine groups is 1. The Kier molecular flexibility index (Phi) is 8.56. The van der Waals surface area contributed by atoms with E-state index in [1.807, 2.05) is 56.3 Å². The van der Waals surface area contributed by atoms with Crippen LogP contribution in [0, 0.1) is 5.92 Å². The maximum atomic E-state index is 13.7. The third kappa shape index (κ3) is 5.91. The standard InChI is InChI=1S/C30H30ClN3O5/c1-18(2)26(20-11-13-22(31)14-12-20)29(35)33-34-28(21-9-7-6-8-10-21)32-23(30(34)36)15-19-16-24(37-3)27(39-5)25(17-19)38-4/h6-18,26H,1-5H3,(H,33,35)/b23-15-. The Morgan fingerprint density at radius 1 is 0.949 bits per heavy atom. The predicted octanol–water partition coefficient (Wildman–Crippen LogP) is 5.47. The van der Waals surface area contributed by atoms with Gasteiger partial charge in [0.2, 0.25) is 11.7 Å². The Morgan fingerprint density at radius 3 is 2.10 bits per heavy atom. The van der Waals surface area contributed by atoms with Gasteiger partial charge < -0.3 is 14.2 Å². The number of nitrogens with zero attached hydrogens (tertiary/aromatic N) is 2. The van der Waals surface area contributed by atoms with Gasteiger partial charge in [-0.2, -0.15) is 5.01 Å². The largest absolute Gasteiger partial charge is 0.493 e. The average molecular weight is 548 g/mol. The van der Waals surface area contributed by atoms with Crippen molar-refractivity contribution in [3.05, 3.63) is 94.1 Å². The van der Waals surface area contributed by atoms with Crippen LogP contribution in [0.15, 0.2) is 77.4 Å². The van der Waals surface area contributed by atoms with Crippen molar-refractivity contribution in [3.63, 3.8) is 0 Å². The first-order valence-corrected chi connectivity index (χ1v) is 12.7. The molecule has 3 aromatic carbocycles. The zero-order chi connectivity index (χ0) is 28.1. The minimum absolute atomic E-state index is 0.0461. The SMILES string of the molecule is COc1cc(/C=C2\N=C(c3ccccc3)N(NC(=O)C(c3ccc(Cl)cc3)C(C)C)C2=O)cc(OC)c1OC. The summed E-state index contributed by atoms with van der Waals surface area (Å²) in [6, 6.07) is 19.8. The van der Waals surface area contributed by atoms with Crippen LogP contribution in [0.5, 0.6) is 17.2 Å². The lowest BCUT2D eigenvalue weighted by Gasteiger charge is -2.25. The second-order valence-electron chi connectivity index (χ2n) is 9.18. The summed E-state index contributed by atoms with van der Waals surface area (Å²) in [5.41, 5.74) is 5.04. The molecular weight excluding hydrogens is 518 g/mol. The molecule has 202 valence electrons. The van der Waals surface area contributed by atoms with E-state index in [4.69, 9.17) is 25.8 Å². The number of amides is 2. The smallest absolute Gasteiger partial charge is 0.297 e. The molecule has 1 aliphatic heterocycles. The number of rotatable bonds is 9. The van der Waals surface area contributed by atoms with Crippen molar-refractivity contribution in [2.24, 2.45) is 10.9 Å². The zero-order valence-corrected chi connectivity index (χ0v) is 23.2. The van der Waals surface area contributed by atoms with Crippen molar-refractivity contribution in [1.29, 1.82) is 0 Å². The highest BCUT2D eigenvalue weighted by atomic mass is 35.5. The van der Waals surface area contributed by atoms with Crippen LogP contribution in [-0.2, 0) is 9.59 Å². The third-order valence-electron chi connectivity index (χ3n) is 6.28. The van der Waals surface area contributed by atoms with Crippen molar-refractivity contribution >= 4 is 35.3 Å². The van der Waals surface area contributed by atoms with Gasteiger partial charge in [-0.1, -0.05) is 67.9 Å². The molecule has 3 aromatic rings. The quantitative estimate of drug-likeness (QED) is 0.359. The molecule has 0 saturated heterocycles. The number of benzene rings is 3. The molecule has 0 aliphatic carbocycles. The highest BCUT2D eigenvalue weighted by Crippen LogP contribution is 2.39. The highest BCUT2D eigenvalue weighted by Gasteiger charge is 2.35. The van der Waals surface area contributed by atoms with Crippen LogP contribution in [0.2, 0.25) is 5.02 Å². The molecule has 9 heteroatoms. The van der Waals surface area contributed by atoms with Crippen molar-refractivity contribution in [2.75, 3.05) is 21.3 Å². The number of ether oxygens (including phenoxy) is 3. The van der Waals surface area contributed by atoms with Crippen LogP contribution in [0.1, 0.15) is 36.5 Å². The summed E-state index contributed by atoms with van der Waals surface area (Å²) in [7, 11) is 4.55. The van der Waals surface area contributed by atoms with Gasteiger partial charge in [0.05, 0.1) is 27.2 Å². The minimum atomic E-state index is -0.518. The number of carbonyl (C=O) groups excluding carboxylic acids is 2. The summed E-state index contributed by atoms with van der Waals surface area (Å²) in [5, 5.41) is 1.78. The molecule has 8 nitrogen and oxygen atoms in total. The van der Waals surface area contributed by atoms with Gasteiger partial charge in [-0.25, -0.2) is 4.99 Å². The van der Waals surface area contributed by atoms with E-state index in [-0.39, 0.29) is 17.5 Å². The Labute approximate surface area is 232 Å². The molecular formula is C30H30ClN3O5. The van der Waals surface area contributed by atoms with Gasteiger partial charge in [0.15, 0.2) is 17.3 Å². The van der Waals surface area contributed by atoms with Crippen LogP contribution >= 0.6 is 11.6 Å². The number of hydrogen-bond acceptors (Lipinski definition) is 6. The number of hydrogen-bond donors (Lipinski definition) is 1. The van der Waals surface area contributed by atoms with Gasteiger partial charge in [-0.05, 0) is 47.4 Å². The van der Waals surface area contributed by atoms with E-state index >= 15 is 0 Å². The van der Waals surface area contributed by atoms with Gasteiger partial charge >= 0.3 is 0 Å². The fraction of sp³-hybridized carbons (Fsp3) is 0.233. The monoisotopic (exact) mass is 547 g/mol. The second-order valence-corrected chi connectivity index (χ2v) is 9.62. The van der Waals surface area contributed by atoms with E-state index in [9.17, 15) is 9.59 Å². The summed E-state index contributed by atoms with van der Waals surface area (Å²) in [5.74, 6) is 0.248. The van der Waals surface area contributed by atoms with Crippen molar-refractivity contribution in [3.8, 4) is 17.2 Å². The average Bonchev–Trinajstić information content (AvgIpc) is 3.23. The molecule has 0 fully saturated rings. The molecule has 1 aliphatic rings. The summed E-state index contributed by atoms with van der Waals surface area (Å²) in [6.07, 6.45) is 1.61. The first-order chi connectivity index (χ1) is 18.8. The fourth-order valence-corrected chi connectivity index (χ4v) is 4.56. The van der Waals surface area contributed by atoms with Crippen LogP contribution in [0.25, 0.3) is 6.08 Å². The number of aliphatic imine (C=N–C) groups is 1. The van der Waals surface area contributed by atoms with Crippen molar-refractivity contribution in [1.82, 2.24) is 10.4 Å². The van der Waals surface area contributed by atoms with Crippen LogP contribution in [0.3, 0.4) is 0 Å². The fourth-order valence-electron chi connectivity index (χ4n) is 4.43. The molecule has 1 N–H and O–H groups in total.